The minimum atomic E-state index is -0.106. The summed E-state index contributed by atoms with van der Waals surface area (Å²) in [5, 5.41) is 0. The average Bonchev–Trinajstić information content (AvgIpc) is 2.54. The van der Waals surface area contributed by atoms with Crippen molar-refractivity contribution in [2.75, 3.05) is 31.2 Å². The van der Waals surface area contributed by atoms with Crippen LogP contribution < -0.4 is 4.90 Å². The van der Waals surface area contributed by atoms with Gasteiger partial charge in [0.05, 0.1) is 0 Å². The fourth-order valence-electron chi connectivity index (χ4n) is 2.65. The van der Waals surface area contributed by atoms with Crippen molar-refractivity contribution in [1.82, 2.24) is 4.90 Å². The number of ether oxygens (including phenoxy) is 1. The number of nitrogens with zero attached hydrogens (tertiary/aromatic N) is 2. The molecule has 0 aromatic heterocycles. The van der Waals surface area contributed by atoms with Gasteiger partial charge in [-0.1, -0.05) is 31.0 Å². The molecule has 0 N–H and O–H groups in total. The van der Waals surface area contributed by atoms with Crippen LogP contribution in [0.25, 0.3) is 0 Å². The SMILES string of the molecule is CCCCOCC(=O)N1CC(=O)N(c2ccc(C)cc2)C[C@H]1C. The molecule has 1 fully saturated rings. The lowest BCUT2D eigenvalue weighted by Crippen LogP contribution is -2.57. The minimum absolute atomic E-state index is 0.0173. The zero-order valence-electron chi connectivity index (χ0n) is 14.2. The fraction of sp³-hybridized carbons (Fsp3) is 0.556. The quantitative estimate of drug-likeness (QED) is 0.757. The van der Waals surface area contributed by atoms with Crippen LogP contribution in [0.1, 0.15) is 32.3 Å². The number of carbonyl (C=O) groups is 2. The first-order chi connectivity index (χ1) is 11.0. The molecule has 5 heteroatoms. The molecular weight excluding hydrogens is 292 g/mol. The standard InChI is InChI=1S/C18H26N2O3/c1-4-5-10-23-13-18(22)19-12-17(21)20(11-15(19)3)16-8-6-14(2)7-9-16/h6-9,15H,4-5,10-13H2,1-3H3/t15-/m1/s1. The highest BCUT2D eigenvalue weighted by Crippen LogP contribution is 2.20. The summed E-state index contributed by atoms with van der Waals surface area (Å²) >= 11 is 0. The molecule has 1 saturated heterocycles. The third kappa shape index (κ3) is 4.55. The van der Waals surface area contributed by atoms with Gasteiger partial charge in [0.25, 0.3) is 0 Å². The van der Waals surface area contributed by atoms with Crippen LogP contribution in [0.2, 0.25) is 0 Å². The monoisotopic (exact) mass is 318 g/mol. The molecular formula is C18H26N2O3. The fourth-order valence-corrected chi connectivity index (χ4v) is 2.65. The number of unbranched alkanes of at least 4 members (excludes halogenated alkanes) is 1. The predicted molar refractivity (Wildman–Crippen MR) is 90.4 cm³/mol. The second-order valence-electron chi connectivity index (χ2n) is 6.12. The molecule has 0 saturated carbocycles. The summed E-state index contributed by atoms with van der Waals surface area (Å²) in [6.07, 6.45) is 1.99. The van der Waals surface area contributed by atoms with E-state index in [9.17, 15) is 9.59 Å². The van der Waals surface area contributed by atoms with Gasteiger partial charge in [0.2, 0.25) is 11.8 Å². The summed E-state index contributed by atoms with van der Waals surface area (Å²) in [5.41, 5.74) is 2.05. The van der Waals surface area contributed by atoms with Gasteiger partial charge in [0.15, 0.2) is 0 Å². The zero-order chi connectivity index (χ0) is 16.8. The molecule has 2 rings (SSSR count). The number of rotatable bonds is 6. The third-order valence-corrected chi connectivity index (χ3v) is 4.12. The highest BCUT2D eigenvalue weighted by atomic mass is 16.5. The first kappa shape index (κ1) is 17.5. The molecule has 0 spiro atoms. The summed E-state index contributed by atoms with van der Waals surface area (Å²) in [7, 11) is 0. The Bertz CT molecular complexity index is 542. The van der Waals surface area contributed by atoms with E-state index in [-0.39, 0.29) is 31.0 Å². The Hall–Kier alpha value is -1.88. The second kappa shape index (κ2) is 8.11. The van der Waals surface area contributed by atoms with Crippen molar-refractivity contribution >= 4 is 17.5 Å². The topological polar surface area (TPSA) is 49.9 Å². The normalized spacial score (nSPS) is 18.4. The maximum Gasteiger partial charge on any atom is 0.249 e. The van der Waals surface area contributed by atoms with Gasteiger partial charge in [-0.15, -0.1) is 0 Å². The lowest BCUT2D eigenvalue weighted by atomic mass is 10.1. The predicted octanol–water partition coefficient (Wildman–Crippen LogP) is 2.38. The van der Waals surface area contributed by atoms with Gasteiger partial charge in [-0.2, -0.15) is 0 Å². The Kier molecular flexibility index (Phi) is 6.16. The van der Waals surface area contributed by atoms with Gasteiger partial charge in [0.1, 0.15) is 13.2 Å². The van der Waals surface area contributed by atoms with Crippen LogP contribution in [0.15, 0.2) is 24.3 Å². The van der Waals surface area contributed by atoms with Crippen LogP contribution in [0.4, 0.5) is 5.69 Å². The second-order valence-corrected chi connectivity index (χ2v) is 6.12. The molecule has 1 atom stereocenters. The van der Waals surface area contributed by atoms with Crippen LogP contribution in [-0.4, -0.2) is 49.1 Å². The van der Waals surface area contributed by atoms with Crippen LogP contribution >= 0.6 is 0 Å². The summed E-state index contributed by atoms with van der Waals surface area (Å²) in [6, 6.07) is 7.87. The van der Waals surface area contributed by atoms with E-state index in [0.717, 1.165) is 24.1 Å². The first-order valence-electron chi connectivity index (χ1n) is 8.27. The van der Waals surface area contributed by atoms with Gasteiger partial charge < -0.3 is 14.5 Å². The summed E-state index contributed by atoms with van der Waals surface area (Å²) in [5.74, 6) is -0.153. The highest BCUT2D eigenvalue weighted by molar-refractivity contribution is 5.98. The van der Waals surface area contributed by atoms with Crippen molar-refractivity contribution in [1.29, 1.82) is 0 Å². The number of hydrogen-bond donors (Lipinski definition) is 0. The zero-order valence-corrected chi connectivity index (χ0v) is 14.2. The number of hydrogen-bond acceptors (Lipinski definition) is 3. The van der Waals surface area contributed by atoms with Crippen molar-refractivity contribution in [3.63, 3.8) is 0 Å². The van der Waals surface area contributed by atoms with E-state index in [4.69, 9.17) is 4.74 Å². The maximum absolute atomic E-state index is 12.4. The number of aryl methyl sites for hydroxylation is 1. The number of benzene rings is 1. The number of carbonyl (C=O) groups excluding carboxylic acids is 2. The van der Waals surface area contributed by atoms with Gasteiger partial charge in [-0.05, 0) is 32.4 Å². The lowest BCUT2D eigenvalue weighted by molar-refractivity contribution is -0.143. The molecule has 1 aromatic carbocycles. The summed E-state index contributed by atoms with van der Waals surface area (Å²) in [4.78, 5) is 28.0. The summed E-state index contributed by atoms with van der Waals surface area (Å²) < 4.78 is 5.38. The van der Waals surface area contributed by atoms with Crippen molar-refractivity contribution in [2.45, 2.75) is 39.7 Å². The molecule has 126 valence electrons. The van der Waals surface area contributed by atoms with Gasteiger partial charge >= 0.3 is 0 Å². The van der Waals surface area contributed by atoms with E-state index in [1.54, 1.807) is 9.80 Å². The highest BCUT2D eigenvalue weighted by Gasteiger charge is 2.33. The molecule has 0 aliphatic carbocycles. The maximum atomic E-state index is 12.4. The Morgan fingerprint density at radius 3 is 2.65 bits per heavy atom. The Labute approximate surface area is 138 Å². The molecule has 0 unspecified atom stereocenters. The lowest BCUT2D eigenvalue weighted by Gasteiger charge is -2.39. The van der Waals surface area contributed by atoms with Crippen LogP contribution in [0.3, 0.4) is 0 Å². The van der Waals surface area contributed by atoms with Crippen molar-refractivity contribution < 1.29 is 14.3 Å². The van der Waals surface area contributed by atoms with Crippen molar-refractivity contribution in [3.8, 4) is 0 Å². The number of piperazine rings is 1. The Morgan fingerprint density at radius 2 is 2.00 bits per heavy atom. The van der Waals surface area contributed by atoms with Crippen molar-refractivity contribution in [2.24, 2.45) is 0 Å². The smallest absolute Gasteiger partial charge is 0.249 e. The van der Waals surface area contributed by atoms with Crippen molar-refractivity contribution in [3.05, 3.63) is 29.8 Å². The number of amides is 2. The minimum Gasteiger partial charge on any atom is -0.372 e. The molecule has 23 heavy (non-hydrogen) atoms. The largest absolute Gasteiger partial charge is 0.372 e. The van der Waals surface area contributed by atoms with E-state index in [1.165, 1.54) is 0 Å². The molecule has 1 aliphatic rings. The van der Waals surface area contributed by atoms with E-state index in [1.807, 2.05) is 38.1 Å². The molecule has 1 heterocycles. The molecule has 0 radical (unpaired) electrons. The van der Waals surface area contributed by atoms with Gasteiger partial charge in [-0.25, -0.2) is 0 Å². The van der Waals surface area contributed by atoms with E-state index >= 15 is 0 Å². The summed E-state index contributed by atoms with van der Waals surface area (Å²) in [6.45, 7) is 7.35. The average molecular weight is 318 g/mol. The van der Waals surface area contributed by atoms with Gasteiger partial charge in [-0.3, -0.25) is 9.59 Å². The first-order valence-corrected chi connectivity index (χ1v) is 8.27. The van der Waals surface area contributed by atoms with E-state index in [2.05, 4.69) is 6.92 Å². The molecule has 2 amide bonds. The Balaban J connectivity index is 1.95. The molecule has 0 bridgehead atoms. The van der Waals surface area contributed by atoms with E-state index < -0.39 is 0 Å². The van der Waals surface area contributed by atoms with Crippen LogP contribution in [-0.2, 0) is 14.3 Å². The van der Waals surface area contributed by atoms with E-state index in [0.29, 0.717) is 13.2 Å². The molecule has 1 aromatic rings. The van der Waals surface area contributed by atoms with Gasteiger partial charge in [0, 0.05) is 24.9 Å². The van der Waals surface area contributed by atoms with Crippen LogP contribution in [0.5, 0.6) is 0 Å². The number of anilines is 1. The molecule has 1 aliphatic heterocycles. The third-order valence-electron chi connectivity index (χ3n) is 4.12. The Morgan fingerprint density at radius 1 is 1.30 bits per heavy atom. The molecule has 5 nitrogen and oxygen atoms in total. The van der Waals surface area contributed by atoms with Crippen LogP contribution in [0, 0.1) is 6.92 Å².